The molecule has 0 saturated carbocycles. The first-order valence-electron chi connectivity index (χ1n) is 6.44. The Labute approximate surface area is 134 Å². The zero-order valence-electron chi connectivity index (χ0n) is 11.6. The first-order valence-corrected chi connectivity index (χ1v) is 7.24. The topological polar surface area (TPSA) is 79.3 Å². The second-order valence-corrected chi connectivity index (χ2v) is 5.53. The molecule has 6 nitrogen and oxygen atoms in total. The number of carboxylic acids is 1. The molecular formula is C15H11BrN4O2. The van der Waals surface area contributed by atoms with Crippen molar-refractivity contribution in [3.05, 3.63) is 58.3 Å². The van der Waals surface area contributed by atoms with Gasteiger partial charge in [-0.2, -0.15) is 0 Å². The molecule has 0 unspecified atom stereocenters. The number of nitrogens with zero attached hydrogens (tertiary/aromatic N) is 4. The lowest BCUT2D eigenvalue weighted by molar-refractivity contribution is 0.0692. The quantitative estimate of drug-likeness (QED) is 0.699. The number of rotatable bonds is 3. The molecule has 0 radical (unpaired) electrons. The average Bonchev–Trinajstić information content (AvgIpc) is 2.84. The van der Waals surface area contributed by atoms with E-state index in [1.165, 1.54) is 0 Å². The molecule has 2 heterocycles. The van der Waals surface area contributed by atoms with Gasteiger partial charge in [0, 0.05) is 10.7 Å². The van der Waals surface area contributed by atoms with Crippen LogP contribution in [0.15, 0.2) is 57.3 Å². The minimum atomic E-state index is -1.14. The number of hydrogen-bond donors (Lipinski definition) is 1. The van der Waals surface area contributed by atoms with Crippen LogP contribution in [0.25, 0.3) is 5.65 Å². The summed E-state index contributed by atoms with van der Waals surface area (Å²) in [4.78, 5) is 15.5. The zero-order valence-corrected chi connectivity index (χ0v) is 13.1. The van der Waals surface area contributed by atoms with E-state index in [4.69, 9.17) is 0 Å². The van der Waals surface area contributed by atoms with Crippen LogP contribution in [0.3, 0.4) is 0 Å². The van der Waals surface area contributed by atoms with Crippen LogP contribution >= 0.6 is 15.9 Å². The summed E-state index contributed by atoms with van der Waals surface area (Å²) in [5.41, 5.74) is 2.00. The Balaban J connectivity index is 2.15. The molecule has 0 amide bonds. The maximum absolute atomic E-state index is 11.4. The summed E-state index contributed by atoms with van der Waals surface area (Å²) in [5, 5.41) is 17.5. The van der Waals surface area contributed by atoms with E-state index >= 15 is 0 Å². The number of hydrogen-bond acceptors (Lipinski definition) is 4. The molecule has 0 saturated heterocycles. The van der Waals surface area contributed by atoms with Crippen molar-refractivity contribution in [2.45, 2.75) is 6.92 Å². The van der Waals surface area contributed by atoms with E-state index < -0.39 is 5.97 Å². The Bertz CT molecular complexity index is 902. The lowest BCUT2D eigenvalue weighted by Gasteiger charge is -1.98. The van der Waals surface area contributed by atoms with Crippen molar-refractivity contribution in [3.63, 3.8) is 0 Å². The van der Waals surface area contributed by atoms with Crippen LogP contribution in [0.4, 0.5) is 11.5 Å². The monoisotopic (exact) mass is 358 g/mol. The van der Waals surface area contributed by atoms with E-state index in [-0.39, 0.29) is 11.5 Å². The van der Waals surface area contributed by atoms with Gasteiger partial charge >= 0.3 is 5.97 Å². The molecule has 1 aromatic carbocycles. The van der Waals surface area contributed by atoms with Crippen molar-refractivity contribution in [1.29, 1.82) is 0 Å². The van der Waals surface area contributed by atoms with Crippen LogP contribution in [0.1, 0.15) is 16.1 Å². The van der Waals surface area contributed by atoms with Crippen LogP contribution in [0.2, 0.25) is 0 Å². The van der Waals surface area contributed by atoms with E-state index in [1.807, 2.05) is 31.2 Å². The predicted molar refractivity (Wildman–Crippen MR) is 85.2 cm³/mol. The summed E-state index contributed by atoms with van der Waals surface area (Å²) >= 11 is 3.37. The standard InChI is InChI=1S/C15H11BrN4O2/c1-9-6-7-20-12(8-9)17-13(15(21)22)14(20)19-18-11-5-3-2-4-10(11)16/h2-8H,1H3,(H,21,22). The van der Waals surface area contributed by atoms with Gasteiger partial charge in [0.25, 0.3) is 0 Å². The molecule has 1 N–H and O–H groups in total. The van der Waals surface area contributed by atoms with Crippen molar-refractivity contribution in [2.24, 2.45) is 10.2 Å². The summed E-state index contributed by atoms with van der Waals surface area (Å²) in [6.45, 7) is 1.91. The SMILES string of the molecule is Cc1ccn2c(N=Nc3ccccc3Br)c(C(=O)O)nc2c1. The van der Waals surface area contributed by atoms with Gasteiger partial charge in [-0.3, -0.25) is 4.40 Å². The second kappa shape index (κ2) is 5.69. The highest BCUT2D eigenvalue weighted by Crippen LogP contribution is 2.28. The fourth-order valence-electron chi connectivity index (χ4n) is 2.01. The number of pyridine rings is 1. The van der Waals surface area contributed by atoms with Gasteiger partial charge in [-0.15, -0.1) is 10.2 Å². The molecule has 2 aromatic heterocycles. The van der Waals surface area contributed by atoms with Crippen molar-refractivity contribution in [3.8, 4) is 0 Å². The summed E-state index contributed by atoms with van der Waals surface area (Å²) in [6.07, 6.45) is 1.73. The number of carbonyl (C=O) groups is 1. The van der Waals surface area contributed by atoms with Gasteiger partial charge in [0.05, 0.1) is 5.69 Å². The van der Waals surface area contributed by atoms with Crippen LogP contribution in [0.5, 0.6) is 0 Å². The Morgan fingerprint density at radius 1 is 1.27 bits per heavy atom. The van der Waals surface area contributed by atoms with E-state index in [0.717, 1.165) is 10.0 Å². The largest absolute Gasteiger partial charge is 0.476 e. The third-order valence-corrected chi connectivity index (χ3v) is 3.73. The average molecular weight is 359 g/mol. The summed E-state index contributed by atoms with van der Waals surface area (Å²) in [6, 6.07) is 11.0. The lowest BCUT2D eigenvalue weighted by Crippen LogP contribution is -1.96. The summed E-state index contributed by atoms with van der Waals surface area (Å²) in [5.74, 6) is -0.944. The highest BCUT2D eigenvalue weighted by molar-refractivity contribution is 9.10. The molecule has 110 valence electrons. The minimum absolute atomic E-state index is 0.124. The number of aryl methyl sites for hydroxylation is 1. The van der Waals surface area contributed by atoms with Gasteiger partial charge in [0.15, 0.2) is 11.5 Å². The first kappa shape index (κ1) is 14.4. The molecule has 3 rings (SSSR count). The number of fused-ring (bicyclic) bond motifs is 1. The zero-order chi connectivity index (χ0) is 15.7. The number of azo groups is 1. The third kappa shape index (κ3) is 2.62. The highest BCUT2D eigenvalue weighted by atomic mass is 79.9. The molecule has 0 atom stereocenters. The fraction of sp³-hybridized carbons (Fsp3) is 0.0667. The molecule has 0 fully saturated rings. The molecule has 3 aromatic rings. The molecule has 0 aliphatic rings. The van der Waals surface area contributed by atoms with Gasteiger partial charge in [0.2, 0.25) is 0 Å². The van der Waals surface area contributed by atoms with E-state index in [9.17, 15) is 9.90 Å². The first-order chi connectivity index (χ1) is 10.6. The molecule has 0 spiro atoms. The van der Waals surface area contributed by atoms with Crippen LogP contribution in [-0.4, -0.2) is 20.5 Å². The lowest BCUT2D eigenvalue weighted by atomic mass is 10.3. The second-order valence-electron chi connectivity index (χ2n) is 4.67. The number of benzene rings is 1. The maximum Gasteiger partial charge on any atom is 0.358 e. The minimum Gasteiger partial charge on any atom is -0.476 e. The van der Waals surface area contributed by atoms with Gasteiger partial charge < -0.3 is 5.11 Å². The molecule has 22 heavy (non-hydrogen) atoms. The Hall–Kier alpha value is -2.54. The van der Waals surface area contributed by atoms with Gasteiger partial charge in [-0.1, -0.05) is 12.1 Å². The molecule has 7 heteroatoms. The van der Waals surface area contributed by atoms with Crippen molar-refractivity contribution in [2.75, 3.05) is 0 Å². The van der Waals surface area contributed by atoms with E-state index in [1.54, 1.807) is 22.7 Å². The van der Waals surface area contributed by atoms with Crippen LogP contribution < -0.4 is 0 Å². The van der Waals surface area contributed by atoms with Crippen molar-refractivity contribution in [1.82, 2.24) is 9.38 Å². The normalized spacial score (nSPS) is 11.4. The predicted octanol–water partition coefficient (Wildman–Crippen LogP) is 4.52. The third-order valence-electron chi connectivity index (χ3n) is 3.06. The molecule has 0 aliphatic heterocycles. The van der Waals surface area contributed by atoms with Crippen molar-refractivity contribution < 1.29 is 9.90 Å². The summed E-state index contributed by atoms with van der Waals surface area (Å²) in [7, 11) is 0. The molecule has 0 aliphatic carbocycles. The number of halogens is 1. The molecule has 0 bridgehead atoms. The van der Waals surface area contributed by atoms with E-state index in [0.29, 0.717) is 11.3 Å². The fourth-order valence-corrected chi connectivity index (χ4v) is 2.37. The summed E-state index contributed by atoms with van der Waals surface area (Å²) < 4.78 is 2.39. The molecular weight excluding hydrogens is 348 g/mol. The number of aromatic nitrogens is 2. The number of aromatic carboxylic acids is 1. The van der Waals surface area contributed by atoms with Crippen LogP contribution in [-0.2, 0) is 0 Å². The highest BCUT2D eigenvalue weighted by Gasteiger charge is 2.18. The Kier molecular flexibility index (Phi) is 3.72. The number of carboxylic acid groups (broad SMARTS) is 1. The Morgan fingerprint density at radius 2 is 2.05 bits per heavy atom. The van der Waals surface area contributed by atoms with Crippen LogP contribution in [0, 0.1) is 6.92 Å². The smallest absolute Gasteiger partial charge is 0.358 e. The maximum atomic E-state index is 11.4. The number of imidazole rings is 1. The Morgan fingerprint density at radius 3 is 2.77 bits per heavy atom. The van der Waals surface area contributed by atoms with Gasteiger partial charge in [-0.05, 0) is 52.7 Å². The van der Waals surface area contributed by atoms with E-state index in [2.05, 4.69) is 31.1 Å². The van der Waals surface area contributed by atoms with Gasteiger partial charge in [-0.25, -0.2) is 9.78 Å². The van der Waals surface area contributed by atoms with Gasteiger partial charge in [0.1, 0.15) is 5.65 Å². The van der Waals surface area contributed by atoms with Crippen molar-refractivity contribution >= 4 is 39.1 Å².